The Hall–Kier alpha value is -2.81. The summed E-state index contributed by atoms with van der Waals surface area (Å²) in [6.07, 6.45) is 1.06. The Labute approximate surface area is 164 Å². The normalized spacial score (nSPS) is 12.2. The van der Waals surface area contributed by atoms with Crippen molar-refractivity contribution in [1.29, 1.82) is 0 Å². The van der Waals surface area contributed by atoms with Gasteiger partial charge in [-0.1, -0.05) is 19.1 Å². The molecule has 0 spiro atoms. The van der Waals surface area contributed by atoms with Crippen LogP contribution in [0.2, 0.25) is 0 Å². The Morgan fingerprint density at radius 2 is 1.86 bits per heavy atom. The Bertz CT molecular complexity index is 949. The number of amides is 1. The molecule has 9 heteroatoms. The lowest BCUT2D eigenvalue weighted by Gasteiger charge is -2.30. The topological polar surface area (TPSA) is 84.9 Å². The van der Waals surface area contributed by atoms with Crippen molar-refractivity contribution in [3.8, 4) is 11.5 Å². The Morgan fingerprint density at radius 1 is 1.18 bits per heavy atom. The summed E-state index contributed by atoms with van der Waals surface area (Å²) < 4.78 is 50.2. The number of sulfonamides is 1. The zero-order chi connectivity index (χ0) is 20.9. The number of hydrogen-bond donors (Lipinski definition) is 1. The molecule has 1 amide bonds. The summed E-state index contributed by atoms with van der Waals surface area (Å²) in [7, 11) is -1.00. The minimum Gasteiger partial charge on any atom is -0.497 e. The van der Waals surface area contributed by atoms with Gasteiger partial charge in [-0.05, 0) is 30.7 Å². The van der Waals surface area contributed by atoms with Crippen molar-refractivity contribution in [2.75, 3.05) is 30.1 Å². The van der Waals surface area contributed by atoms with Gasteiger partial charge in [-0.15, -0.1) is 0 Å². The van der Waals surface area contributed by atoms with Crippen molar-refractivity contribution in [2.45, 2.75) is 19.4 Å². The van der Waals surface area contributed by atoms with Crippen molar-refractivity contribution < 1.29 is 27.1 Å². The average molecular weight is 410 g/mol. The van der Waals surface area contributed by atoms with Gasteiger partial charge < -0.3 is 14.8 Å². The minimum atomic E-state index is -3.93. The van der Waals surface area contributed by atoms with Gasteiger partial charge in [-0.3, -0.25) is 9.10 Å². The van der Waals surface area contributed by atoms with Crippen LogP contribution >= 0.6 is 0 Å². The Balaban J connectivity index is 2.42. The van der Waals surface area contributed by atoms with E-state index in [0.29, 0.717) is 17.2 Å². The average Bonchev–Trinajstić information content (AvgIpc) is 2.66. The number of anilines is 2. The maximum absolute atomic E-state index is 14.3. The highest BCUT2D eigenvalue weighted by Crippen LogP contribution is 2.31. The zero-order valence-corrected chi connectivity index (χ0v) is 16.9. The first-order valence-corrected chi connectivity index (χ1v) is 10.3. The molecule has 1 atom stereocenters. The second kappa shape index (κ2) is 8.92. The molecule has 28 heavy (non-hydrogen) atoms. The molecule has 2 aromatic carbocycles. The van der Waals surface area contributed by atoms with Gasteiger partial charge in [-0.2, -0.15) is 0 Å². The van der Waals surface area contributed by atoms with Crippen LogP contribution in [0.15, 0.2) is 42.5 Å². The molecule has 0 saturated heterocycles. The van der Waals surface area contributed by atoms with Crippen molar-refractivity contribution in [2.24, 2.45) is 0 Å². The van der Waals surface area contributed by atoms with E-state index in [1.54, 1.807) is 25.1 Å². The van der Waals surface area contributed by atoms with Crippen molar-refractivity contribution >= 4 is 27.3 Å². The first-order valence-electron chi connectivity index (χ1n) is 8.49. The number of nitrogens with zero attached hydrogens (tertiary/aromatic N) is 1. The largest absolute Gasteiger partial charge is 0.497 e. The second-order valence-corrected chi connectivity index (χ2v) is 7.85. The Kier molecular flexibility index (Phi) is 6.85. The summed E-state index contributed by atoms with van der Waals surface area (Å²) in [6.45, 7) is 1.65. The van der Waals surface area contributed by atoms with Gasteiger partial charge in [0.15, 0.2) is 0 Å². The molecule has 2 aromatic rings. The van der Waals surface area contributed by atoms with E-state index in [1.165, 1.54) is 32.4 Å². The number of ether oxygens (including phenoxy) is 2. The fraction of sp³-hybridized carbons (Fsp3) is 0.316. The lowest BCUT2D eigenvalue weighted by atomic mass is 10.1. The third kappa shape index (κ3) is 4.72. The molecule has 0 aliphatic rings. The number of methoxy groups -OCH3 is 2. The van der Waals surface area contributed by atoms with E-state index in [-0.39, 0.29) is 12.1 Å². The van der Waals surface area contributed by atoms with Crippen LogP contribution in [0.5, 0.6) is 11.5 Å². The van der Waals surface area contributed by atoms with Crippen molar-refractivity contribution in [1.82, 2.24) is 0 Å². The molecule has 0 fully saturated rings. The molecule has 0 radical (unpaired) electrons. The molecular formula is C19H23FN2O5S. The van der Waals surface area contributed by atoms with Gasteiger partial charge in [0.1, 0.15) is 23.4 Å². The van der Waals surface area contributed by atoms with Gasteiger partial charge in [0.2, 0.25) is 15.9 Å². The molecule has 152 valence electrons. The van der Waals surface area contributed by atoms with Crippen LogP contribution in [0.4, 0.5) is 15.8 Å². The van der Waals surface area contributed by atoms with Gasteiger partial charge in [0.05, 0.1) is 31.9 Å². The molecule has 0 aliphatic carbocycles. The second-order valence-electron chi connectivity index (χ2n) is 5.99. The van der Waals surface area contributed by atoms with E-state index in [9.17, 15) is 17.6 Å². The lowest BCUT2D eigenvalue weighted by Crippen LogP contribution is -2.47. The standard InChI is InChI=1S/C19H23FN2O5S/c1-5-16(22(28(4,24)25)17-9-7-6-8-14(17)20)19(23)21-15-11-10-13(26-2)12-18(15)27-3/h6-12,16H,5H2,1-4H3,(H,21,23)/t16-/m0/s1. The van der Waals surface area contributed by atoms with Crippen LogP contribution in [-0.4, -0.2) is 40.8 Å². The number of carbonyl (C=O) groups excluding carboxylic acids is 1. The maximum Gasteiger partial charge on any atom is 0.248 e. The number of hydrogen-bond acceptors (Lipinski definition) is 5. The van der Waals surface area contributed by atoms with E-state index in [0.717, 1.165) is 16.6 Å². The number of benzene rings is 2. The highest BCUT2D eigenvalue weighted by atomic mass is 32.2. The predicted octanol–water partition coefficient (Wildman–Crippen LogP) is 3.03. The van der Waals surface area contributed by atoms with Crippen LogP contribution < -0.4 is 19.1 Å². The molecule has 0 unspecified atom stereocenters. The molecule has 7 nitrogen and oxygen atoms in total. The number of carbonyl (C=O) groups is 1. The summed E-state index contributed by atoms with van der Waals surface area (Å²) in [5.74, 6) is -0.466. The molecule has 1 N–H and O–H groups in total. The third-order valence-electron chi connectivity index (χ3n) is 4.09. The van der Waals surface area contributed by atoms with Crippen LogP contribution in [0.25, 0.3) is 0 Å². The third-order valence-corrected chi connectivity index (χ3v) is 5.25. The highest BCUT2D eigenvalue weighted by molar-refractivity contribution is 7.92. The lowest BCUT2D eigenvalue weighted by molar-refractivity contribution is -0.117. The van der Waals surface area contributed by atoms with Crippen molar-refractivity contribution in [3.05, 3.63) is 48.3 Å². The van der Waals surface area contributed by atoms with Crippen LogP contribution in [0, 0.1) is 5.82 Å². The zero-order valence-electron chi connectivity index (χ0n) is 16.1. The summed E-state index contributed by atoms with van der Waals surface area (Å²) in [6, 6.07) is 9.06. The summed E-state index contributed by atoms with van der Waals surface area (Å²) in [5, 5.41) is 2.66. The first kappa shape index (κ1) is 21.5. The van der Waals surface area contributed by atoms with Crippen molar-refractivity contribution in [3.63, 3.8) is 0 Å². The predicted molar refractivity (Wildman–Crippen MR) is 106 cm³/mol. The van der Waals surface area contributed by atoms with Crippen LogP contribution in [-0.2, 0) is 14.8 Å². The van der Waals surface area contributed by atoms with Gasteiger partial charge >= 0.3 is 0 Å². The van der Waals surface area contributed by atoms with Gasteiger partial charge in [-0.25, -0.2) is 12.8 Å². The number of nitrogens with one attached hydrogen (secondary N) is 1. The fourth-order valence-corrected chi connectivity index (χ4v) is 4.00. The van der Waals surface area contributed by atoms with Gasteiger partial charge in [0.25, 0.3) is 0 Å². The molecule has 0 heterocycles. The summed E-state index contributed by atoms with van der Waals surface area (Å²) in [4.78, 5) is 12.9. The van der Waals surface area contributed by atoms with E-state index >= 15 is 0 Å². The maximum atomic E-state index is 14.3. The monoisotopic (exact) mass is 410 g/mol. The summed E-state index contributed by atoms with van der Waals surface area (Å²) in [5.41, 5.74) is 0.155. The first-order chi connectivity index (χ1) is 13.2. The Morgan fingerprint density at radius 3 is 2.39 bits per heavy atom. The number of rotatable bonds is 8. The van der Waals surface area contributed by atoms with Crippen LogP contribution in [0.3, 0.4) is 0 Å². The van der Waals surface area contributed by atoms with E-state index in [4.69, 9.17) is 9.47 Å². The number of para-hydroxylation sites is 1. The van der Waals surface area contributed by atoms with Gasteiger partial charge in [0, 0.05) is 6.07 Å². The van der Waals surface area contributed by atoms with E-state index < -0.39 is 27.8 Å². The quantitative estimate of drug-likeness (QED) is 0.723. The molecule has 0 saturated carbocycles. The van der Waals surface area contributed by atoms with E-state index in [2.05, 4.69) is 5.32 Å². The minimum absolute atomic E-state index is 0.131. The molecule has 0 aromatic heterocycles. The smallest absolute Gasteiger partial charge is 0.248 e. The number of halogens is 1. The highest BCUT2D eigenvalue weighted by Gasteiger charge is 2.33. The van der Waals surface area contributed by atoms with E-state index in [1.807, 2.05) is 0 Å². The molecule has 2 rings (SSSR count). The summed E-state index contributed by atoms with van der Waals surface area (Å²) >= 11 is 0. The SMILES string of the molecule is CC[C@@H](C(=O)Nc1ccc(OC)cc1OC)N(c1ccccc1F)S(C)(=O)=O. The molecular weight excluding hydrogens is 387 g/mol. The molecule has 0 aliphatic heterocycles. The van der Waals surface area contributed by atoms with Crippen LogP contribution in [0.1, 0.15) is 13.3 Å². The molecule has 0 bridgehead atoms. The fourth-order valence-electron chi connectivity index (χ4n) is 2.78.